The van der Waals surface area contributed by atoms with Gasteiger partial charge in [-0.25, -0.2) is 0 Å². The molecule has 1 saturated heterocycles. The maximum absolute atomic E-state index is 12.2. The highest BCUT2D eigenvalue weighted by atomic mass is 16.4. The van der Waals surface area contributed by atoms with E-state index in [0.717, 1.165) is 32.6 Å². The molecule has 5 nitrogen and oxygen atoms in total. The Hall–Kier alpha value is -1.10. The summed E-state index contributed by atoms with van der Waals surface area (Å²) in [6.45, 7) is 7.94. The van der Waals surface area contributed by atoms with Gasteiger partial charge in [0.2, 0.25) is 5.91 Å². The van der Waals surface area contributed by atoms with E-state index in [9.17, 15) is 9.59 Å². The Morgan fingerprint density at radius 1 is 1.22 bits per heavy atom. The van der Waals surface area contributed by atoms with Crippen molar-refractivity contribution in [1.82, 2.24) is 9.80 Å². The van der Waals surface area contributed by atoms with E-state index in [4.69, 9.17) is 5.11 Å². The van der Waals surface area contributed by atoms with E-state index in [-0.39, 0.29) is 23.7 Å². The maximum Gasteiger partial charge on any atom is 0.304 e. The lowest BCUT2D eigenvalue weighted by molar-refractivity contribution is -0.139. The Balaban J connectivity index is 1.73. The summed E-state index contributed by atoms with van der Waals surface area (Å²) in [5, 5.41) is 8.63. The van der Waals surface area contributed by atoms with Gasteiger partial charge in [-0.05, 0) is 11.8 Å². The van der Waals surface area contributed by atoms with Crippen molar-refractivity contribution in [1.29, 1.82) is 0 Å². The molecular formula is C13H22N2O3. The average molecular weight is 254 g/mol. The lowest BCUT2D eigenvalue weighted by atomic mass is 10.1. The number of hydrogen-bond acceptors (Lipinski definition) is 3. The molecule has 1 aliphatic carbocycles. The quantitative estimate of drug-likeness (QED) is 0.800. The van der Waals surface area contributed by atoms with Crippen LogP contribution in [0.2, 0.25) is 0 Å². The Labute approximate surface area is 108 Å². The molecule has 1 amide bonds. The van der Waals surface area contributed by atoms with Crippen molar-refractivity contribution in [3.8, 4) is 0 Å². The monoisotopic (exact) mass is 254 g/mol. The number of hydrogen-bond donors (Lipinski definition) is 1. The van der Waals surface area contributed by atoms with Crippen LogP contribution in [0.25, 0.3) is 0 Å². The van der Waals surface area contributed by atoms with Crippen molar-refractivity contribution in [2.75, 3.05) is 32.7 Å². The summed E-state index contributed by atoms with van der Waals surface area (Å²) in [6, 6.07) is 0. The smallest absolute Gasteiger partial charge is 0.304 e. The summed E-state index contributed by atoms with van der Waals surface area (Å²) >= 11 is 0. The SMILES string of the molecule is CC1(C)CC1C(=O)N1CCN(CCC(=O)O)CC1. The molecule has 0 spiro atoms. The molecule has 0 aromatic carbocycles. The Morgan fingerprint density at radius 2 is 1.78 bits per heavy atom. The van der Waals surface area contributed by atoms with Gasteiger partial charge < -0.3 is 10.0 Å². The maximum atomic E-state index is 12.2. The van der Waals surface area contributed by atoms with Gasteiger partial charge in [0.15, 0.2) is 0 Å². The summed E-state index contributed by atoms with van der Waals surface area (Å²) < 4.78 is 0. The number of carbonyl (C=O) groups excluding carboxylic acids is 1. The molecule has 1 atom stereocenters. The Kier molecular flexibility index (Phi) is 3.61. The summed E-state index contributed by atoms with van der Waals surface area (Å²) in [5.41, 5.74) is 0.192. The van der Waals surface area contributed by atoms with Gasteiger partial charge >= 0.3 is 5.97 Å². The predicted molar refractivity (Wildman–Crippen MR) is 67.2 cm³/mol. The van der Waals surface area contributed by atoms with Gasteiger partial charge in [0, 0.05) is 38.6 Å². The first kappa shape index (κ1) is 13.3. The first-order valence-electron chi connectivity index (χ1n) is 6.63. The number of rotatable bonds is 4. The fourth-order valence-corrected chi connectivity index (χ4v) is 2.55. The van der Waals surface area contributed by atoms with E-state index in [1.807, 2.05) is 4.90 Å². The minimum absolute atomic E-state index is 0.184. The van der Waals surface area contributed by atoms with Crippen LogP contribution in [0.15, 0.2) is 0 Å². The third-order valence-electron chi connectivity index (χ3n) is 4.14. The standard InChI is InChI=1S/C13H22N2O3/c1-13(2)9-10(13)12(18)15-7-5-14(6-8-15)4-3-11(16)17/h10H,3-9H2,1-2H3,(H,16,17). The molecule has 1 aliphatic heterocycles. The highest BCUT2D eigenvalue weighted by Gasteiger charge is 2.52. The van der Waals surface area contributed by atoms with Crippen molar-refractivity contribution in [3.05, 3.63) is 0 Å². The summed E-state index contributed by atoms with van der Waals surface area (Å²) in [7, 11) is 0. The first-order valence-corrected chi connectivity index (χ1v) is 6.63. The molecule has 0 bridgehead atoms. The number of carbonyl (C=O) groups is 2. The van der Waals surface area contributed by atoms with Gasteiger partial charge in [-0.2, -0.15) is 0 Å². The summed E-state index contributed by atoms with van der Waals surface area (Å²) in [4.78, 5) is 26.7. The van der Waals surface area contributed by atoms with Gasteiger partial charge in [0.05, 0.1) is 6.42 Å². The van der Waals surface area contributed by atoms with Gasteiger partial charge in [0.1, 0.15) is 0 Å². The first-order chi connectivity index (χ1) is 8.40. The molecule has 1 N–H and O–H groups in total. The predicted octanol–water partition coefficient (Wildman–Crippen LogP) is 0.651. The number of amides is 1. The van der Waals surface area contributed by atoms with Crippen LogP contribution in [-0.2, 0) is 9.59 Å². The number of nitrogens with zero attached hydrogens (tertiary/aromatic N) is 2. The number of carboxylic acids is 1. The van der Waals surface area contributed by atoms with Crippen LogP contribution in [0, 0.1) is 11.3 Å². The minimum Gasteiger partial charge on any atom is -0.481 e. The molecule has 1 saturated carbocycles. The molecule has 0 aromatic rings. The second kappa shape index (κ2) is 4.88. The lowest BCUT2D eigenvalue weighted by Gasteiger charge is -2.34. The topological polar surface area (TPSA) is 60.9 Å². The third-order valence-corrected chi connectivity index (χ3v) is 4.14. The van der Waals surface area contributed by atoms with Crippen molar-refractivity contribution in [2.24, 2.45) is 11.3 Å². The molecule has 1 heterocycles. The van der Waals surface area contributed by atoms with Crippen LogP contribution in [0.4, 0.5) is 0 Å². The Bertz CT molecular complexity index is 346. The van der Waals surface area contributed by atoms with E-state index in [1.165, 1.54) is 0 Å². The van der Waals surface area contributed by atoms with E-state index >= 15 is 0 Å². The number of piperazine rings is 1. The third kappa shape index (κ3) is 3.02. The van der Waals surface area contributed by atoms with Crippen LogP contribution >= 0.6 is 0 Å². The molecule has 2 rings (SSSR count). The normalized spacial score (nSPS) is 27.0. The molecule has 1 unspecified atom stereocenters. The highest BCUT2D eigenvalue weighted by Crippen LogP contribution is 2.52. The minimum atomic E-state index is -0.756. The van der Waals surface area contributed by atoms with Crippen LogP contribution < -0.4 is 0 Å². The zero-order chi connectivity index (χ0) is 13.3. The molecule has 0 radical (unpaired) electrons. The molecule has 0 aromatic heterocycles. The van der Waals surface area contributed by atoms with Crippen molar-refractivity contribution in [3.63, 3.8) is 0 Å². The second-order valence-electron chi connectivity index (χ2n) is 6.06. The molecule has 2 aliphatic rings. The van der Waals surface area contributed by atoms with E-state index < -0.39 is 5.97 Å². The fourth-order valence-electron chi connectivity index (χ4n) is 2.55. The van der Waals surface area contributed by atoms with Gasteiger partial charge in [-0.3, -0.25) is 14.5 Å². The highest BCUT2D eigenvalue weighted by molar-refractivity contribution is 5.82. The summed E-state index contributed by atoms with van der Waals surface area (Å²) in [6.07, 6.45) is 1.19. The van der Waals surface area contributed by atoms with Gasteiger partial charge in [-0.15, -0.1) is 0 Å². The van der Waals surface area contributed by atoms with E-state index in [0.29, 0.717) is 6.54 Å². The average Bonchev–Trinajstić information content (AvgIpc) is 2.95. The van der Waals surface area contributed by atoms with Gasteiger partial charge in [0.25, 0.3) is 0 Å². The number of carboxylic acid groups (broad SMARTS) is 1. The van der Waals surface area contributed by atoms with E-state index in [1.54, 1.807) is 0 Å². The molecule has 5 heteroatoms. The largest absolute Gasteiger partial charge is 0.481 e. The van der Waals surface area contributed by atoms with Crippen LogP contribution in [0.1, 0.15) is 26.7 Å². The molecule has 2 fully saturated rings. The molecule has 102 valence electrons. The van der Waals surface area contributed by atoms with Crippen molar-refractivity contribution < 1.29 is 14.7 Å². The summed E-state index contributed by atoms with van der Waals surface area (Å²) in [5.74, 6) is -0.255. The zero-order valence-electron chi connectivity index (χ0n) is 11.2. The van der Waals surface area contributed by atoms with Crippen LogP contribution in [0.3, 0.4) is 0 Å². The lowest BCUT2D eigenvalue weighted by Crippen LogP contribution is -2.49. The zero-order valence-corrected chi connectivity index (χ0v) is 11.2. The fraction of sp³-hybridized carbons (Fsp3) is 0.846. The van der Waals surface area contributed by atoms with Crippen LogP contribution in [0.5, 0.6) is 0 Å². The Morgan fingerprint density at radius 3 is 2.22 bits per heavy atom. The second-order valence-corrected chi connectivity index (χ2v) is 6.06. The van der Waals surface area contributed by atoms with Crippen molar-refractivity contribution >= 4 is 11.9 Å². The van der Waals surface area contributed by atoms with Gasteiger partial charge in [-0.1, -0.05) is 13.8 Å². The molecular weight excluding hydrogens is 232 g/mol. The number of aliphatic carboxylic acids is 1. The van der Waals surface area contributed by atoms with Crippen molar-refractivity contribution in [2.45, 2.75) is 26.7 Å². The van der Waals surface area contributed by atoms with E-state index in [2.05, 4.69) is 18.7 Å². The van der Waals surface area contributed by atoms with Crippen LogP contribution in [-0.4, -0.2) is 59.5 Å². The molecule has 18 heavy (non-hydrogen) atoms.